The van der Waals surface area contributed by atoms with Crippen molar-refractivity contribution in [1.82, 2.24) is 4.90 Å². The summed E-state index contributed by atoms with van der Waals surface area (Å²) < 4.78 is 0. The van der Waals surface area contributed by atoms with Crippen LogP contribution in [0.15, 0.2) is 30.3 Å². The maximum Gasteiger partial charge on any atom is 0.224 e. The SMILES string of the molecule is CCN(CC)C(=O)CCN(C)c1ccccc1. The summed E-state index contributed by atoms with van der Waals surface area (Å²) in [4.78, 5) is 15.8. The van der Waals surface area contributed by atoms with E-state index in [0.29, 0.717) is 6.42 Å². The lowest BCUT2D eigenvalue weighted by molar-refractivity contribution is -0.130. The van der Waals surface area contributed by atoms with E-state index in [-0.39, 0.29) is 5.91 Å². The van der Waals surface area contributed by atoms with Gasteiger partial charge in [-0.3, -0.25) is 4.79 Å². The third-order valence-corrected chi connectivity index (χ3v) is 2.97. The van der Waals surface area contributed by atoms with Gasteiger partial charge in [-0.05, 0) is 26.0 Å². The predicted octanol–water partition coefficient (Wildman–Crippen LogP) is 2.38. The lowest BCUT2D eigenvalue weighted by Gasteiger charge is -2.22. The van der Waals surface area contributed by atoms with Gasteiger partial charge in [0.2, 0.25) is 5.91 Å². The number of hydrogen-bond donors (Lipinski definition) is 0. The molecule has 1 rings (SSSR count). The predicted molar refractivity (Wildman–Crippen MR) is 72.3 cm³/mol. The Kier molecular flexibility index (Phi) is 5.53. The molecule has 0 aliphatic rings. The van der Waals surface area contributed by atoms with Crippen LogP contribution in [0.1, 0.15) is 20.3 Å². The third kappa shape index (κ3) is 4.10. The number of carbonyl (C=O) groups excluding carboxylic acids is 1. The van der Waals surface area contributed by atoms with Crippen LogP contribution >= 0.6 is 0 Å². The molecule has 0 saturated heterocycles. The minimum atomic E-state index is 0.234. The van der Waals surface area contributed by atoms with Gasteiger partial charge in [0.15, 0.2) is 0 Å². The van der Waals surface area contributed by atoms with Crippen LogP contribution in [-0.4, -0.2) is 37.5 Å². The van der Waals surface area contributed by atoms with Crippen molar-refractivity contribution in [3.05, 3.63) is 30.3 Å². The highest BCUT2D eigenvalue weighted by atomic mass is 16.2. The zero-order valence-corrected chi connectivity index (χ0v) is 11.0. The van der Waals surface area contributed by atoms with Crippen molar-refractivity contribution in [2.24, 2.45) is 0 Å². The number of hydrogen-bond acceptors (Lipinski definition) is 2. The first-order valence-electron chi connectivity index (χ1n) is 6.23. The molecule has 3 heteroatoms. The first-order chi connectivity index (χ1) is 8.19. The summed E-state index contributed by atoms with van der Waals surface area (Å²) in [5, 5.41) is 0. The Morgan fingerprint density at radius 3 is 2.24 bits per heavy atom. The Bertz CT molecular complexity index is 333. The number of rotatable bonds is 6. The van der Waals surface area contributed by atoms with Gasteiger partial charge in [0.05, 0.1) is 0 Å². The molecule has 1 aromatic carbocycles. The van der Waals surface area contributed by atoms with Crippen LogP contribution in [0.2, 0.25) is 0 Å². The molecule has 1 amide bonds. The molecule has 0 unspecified atom stereocenters. The zero-order chi connectivity index (χ0) is 12.7. The van der Waals surface area contributed by atoms with Gasteiger partial charge in [0.25, 0.3) is 0 Å². The van der Waals surface area contributed by atoms with Gasteiger partial charge in [-0.15, -0.1) is 0 Å². The molecular weight excluding hydrogens is 212 g/mol. The number of para-hydroxylation sites is 1. The van der Waals surface area contributed by atoms with E-state index in [9.17, 15) is 4.79 Å². The van der Waals surface area contributed by atoms with E-state index in [4.69, 9.17) is 0 Å². The van der Waals surface area contributed by atoms with E-state index in [2.05, 4.69) is 17.0 Å². The first-order valence-corrected chi connectivity index (χ1v) is 6.23. The molecule has 0 radical (unpaired) electrons. The van der Waals surface area contributed by atoms with Crippen LogP contribution in [0.3, 0.4) is 0 Å². The number of anilines is 1. The fraction of sp³-hybridized carbons (Fsp3) is 0.500. The van der Waals surface area contributed by atoms with Crippen molar-refractivity contribution in [3.8, 4) is 0 Å². The molecule has 17 heavy (non-hydrogen) atoms. The number of amides is 1. The fourth-order valence-corrected chi connectivity index (χ4v) is 1.81. The summed E-state index contributed by atoms with van der Waals surface area (Å²) in [5.74, 6) is 0.234. The molecule has 0 aliphatic carbocycles. The Morgan fingerprint density at radius 1 is 1.12 bits per heavy atom. The van der Waals surface area contributed by atoms with E-state index < -0.39 is 0 Å². The van der Waals surface area contributed by atoms with Gasteiger partial charge in [0.1, 0.15) is 0 Å². The highest BCUT2D eigenvalue weighted by Crippen LogP contribution is 2.11. The summed E-state index contributed by atoms with van der Waals surface area (Å²) in [6, 6.07) is 10.1. The molecule has 0 spiro atoms. The quantitative estimate of drug-likeness (QED) is 0.754. The van der Waals surface area contributed by atoms with E-state index in [0.717, 1.165) is 25.3 Å². The van der Waals surface area contributed by atoms with Gasteiger partial charge in [-0.2, -0.15) is 0 Å². The lowest BCUT2D eigenvalue weighted by Crippen LogP contribution is -2.33. The first kappa shape index (κ1) is 13.6. The number of benzene rings is 1. The van der Waals surface area contributed by atoms with Crippen LogP contribution in [0.4, 0.5) is 5.69 Å². The van der Waals surface area contributed by atoms with Crippen LogP contribution < -0.4 is 4.90 Å². The third-order valence-electron chi connectivity index (χ3n) is 2.97. The van der Waals surface area contributed by atoms with Crippen LogP contribution in [0.25, 0.3) is 0 Å². The molecule has 3 nitrogen and oxygen atoms in total. The highest BCUT2D eigenvalue weighted by molar-refractivity contribution is 5.76. The van der Waals surface area contributed by atoms with Gasteiger partial charge >= 0.3 is 0 Å². The smallest absolute Gasteiger partial charge is 0.224 e. The highest BCUT2D eigenvalue weighted by Gasteiger charge is 2.10. The summed E-state index contributed by atoms with van der Waals surface area (Å²) in [5.41, 5.74) is 1.15. The van der Waals surface area contributed by atoms with Crippen LogP contribution in [0, 0.1) is 0 Å². The Balaban J connectivity index is 2.43. The molecule has 1 aromatic rings. The summed E-state index contributed by atoms with van der Waals surface area (Å²) >= 11 is 0. The van der Waals surface area contributed by atoms with Gasteiger partial charge < -0.3 is 9.80 Å². The van der Waals surface area contributed by atoms with Crippen LogP contribution in [0.5, 0.6) is 0 Å². The van der Waals surface area contributed by atoms with E-state index in [1.165, 1.54) is 0 Å². The Morgan fingerprint density at radius 2 is 1.71 bits per heavy atom. The van der Waals surface area contributed by atoms with E-state index in [1.807, 2.05) is 44.0 Å². The van der Waals surface area contributed by atoms with E-state index in [1.54, 1.807) is 0 Å². The average Bonchev–Trinajstić information content (AvgIpc) is 2.38. The van der Waals surface area contributed by atoms with Crippen molar-refractivity contribution in [2.45, 2.75) is 20.3 Å². The maximum atomic E-state index is 11.8. The number of nitrogens with zero attached hydrogens (tertiary/aromatic N) is 2. The molecule has 0 bridgehead atoms. The van der Waals surface area contributed by atoms with Gasteiger partial charge in [-0.25, -0.2) is 0 Å². The normalized spacial score (nSPS) is 10.1. The van der Waals surface area contributed by atoms with Crippen molar-refractivity contribution in [2.75, 3.05) is 31.6 Å². The van der Waals surface area contributed by atoms with Crippen molar-refractivity contribution in [3.63, 3.8) is 0 Å². The largest absolute Gasteiger partial charge is 0.374 e. The maximum absolute atomic E-state index is 11.8. The van der Waals surface area contributed by atoms with Crippen molar-refractivity contribution < 1.29 is 4.79 Å². The summed E-state index contributed by atoms with van der Waals surface area (Å²) in [6.07, 6.45) is 0.576. The minimum absolute atomic E-state index is 0.234. The second kappa shape index (κ2) is 6.94. The topological polar surface area (TPSA) is 23.6 Å². The molecule has 94 valence electrons. The molecule has 0 aliphatic heterocycles. The molecule has 0 atom stereocenters. The summed E-state index contributed by atoms with van der Waals surface area (Å²) in [6.45, 7) is 6.39. The molecule has 0 aromatic heterocycles. The zero-order valence-electron chi connectivity index (χ0n) is 11.0. The van der Waals surface area contributed by atoms with Gasteiger partial charge in [-0.1, -0.05) is 18.2 Å². The standard InChI is InChI=1S/C14H22N2O/c1-4-16(5-2)14(17)11-12-15(3)13-9-7-6-8-10-13/h6-10H,4-5,11-12H2,1-3H3. The molecule has 0 N–H and O–H groups in total. The van der Waals surface area contributed by atoms with Crippen molar-refractivity contribution >= 4 is 11.6 Å². The average molecular weight is 234 g/mol. The molecular formula is C14H22N2O. The van der Waals surface area contributed by atoms with Crippen LogP contribution in [-0.2, 0) is 4.79 Å². The van der Waals surface area contributed by atoms with E-state index >= 15 is 0 Å². The lowest BCUT2D eigenvalue weighted by atomic mass is 10.2. The Labute approximate surface area is 104 Å². The molecule has 0 fully saturated rings. The number of carbonyl (C=O) groups is 1. The molecule has 0 heterocycles. The monoisotopic (exact) mass is 234 g/mol. The Hall–Kier alpha value is -1.51. The second-order valence-corrected chi connectivity index (χ2v) is 4.07. The summed E-state index contributed by atoms with van der Waals surface area (Å²) in [7, 11) is 2.02. The minimum Gasteiger partial charge on any atom is -0.374 e. The molecule has 0 saturated carbocycles. The fourth-order valence-electron chi connectivity index (χ4n) is 1.81. The van der Waals surface area contributed by atoms with Crippen molar-refractivity contribution in [1.29, 1.82) is 0 Å². The second-order valence-electron chi connectivity index (χ2n) is 4.07. The van der Waals surface area contributed by atoms with Gasteiger partial charge in [0, 0.05) is 38.8 Å².